The molecule has 90 valence electrons. The van der Waals surface area contributed by atoms with Crippen LogP contribution < -0.4 is 9.47 Å². The number of benzene rings is 1. The topological polar surface area (TPSA) is 38.7 Å². The molecule has 0 aromatic heterocycles. The third kappa shape index (κ3) is 2.50. The highest BCUT2D eigenvalue weighted by Gasteiger charge is 2.16. The maximum absolute atomic E-state index is 9.06. The van der Waals surface area contributed by atoms with Gasteiger partial charge in [-0.25, -0.2) is 0 Å². The first-order valence-electron chi connectivity index (χ1n) is 5.22. The van der Waals surface area contributed by atoms with Crippen molar-refractivity contribution in [3.8, 4) is 11.5 Å². The standard InChI is InChI=1S/C12H17BrO3/c1-4-8-9(5-6-14)10(13)7-11(15-2)12(8)16-3/h7,14H,4-6H2,1-3H3. The lowest BCUT2D eigenvalue weighted by Gasteiger charge is -2.17. The Bertz CT molecular complexity index is 364. The molecule has 1 aromatic carbocycles. The molecule has 0 fully saturated rings. The van der Waals surface area contributed by atoms with E-state index in [1.54, 1.807) is 14.2 Å². The summed E-state index contributed by atoms with van der Waals surface area (Å²) in [5.74, 6) is 1.48. The summed E-state index contributed by atoms with van der Waals surface area (Å²) in [4.78, 5) is 0. The summed E-state index contributed by atoms with van der Waals surface area (Å²) < 4.78 is 11.6. The van der Waals surface area contributed by atoms with E-state index in [2.05, 4.69) is 22.9 Å². The average molecular weight is 289 g/mol. The van der Waals surface area contributed by atoms with Crippen molar-refractivity contribution in [2.75, 3.05) is 20.8 Å². The van der Waals surface area contributed by atoms with Crippen molar-refractivity contribution in [1.82, 2.24) is 0 Å². The van der Waals surface area contributed by atoms with E-state index < -0.39 is 0 Å². The molecule has 0 heterocycles. The van der Waals surface area contributed by atoms with Crippen LogP contribution in [0.5, 0.6) is 11.5 Å². The highest BCUT2D eigenvalue weighted by atomic mass is 79.9. The summed E-state index contributed by atoms with van der Waals surface area (Å²) in [6.07, 6.45) is 1.46. The smallest absolute Gasteiger partial charge is 0.164 e. The number of hydrogen-bond acceptors (Lipinski definition) is 3. The summed E-state index contributed by atoms with van der Waals surface area (Å²) in [5, 5.41) is 9.06. The van der Waals surface area contributed by atoms with Crippen LogP contribution in [0, 0.1) is 0 Å². The van der Waals surface area contributed by atoms with Crippen molar-refractivity contribution in [1.29, 1.82) is 0 Å². The zero-order valence-corrected chi connectivity index (χ0v) is 11.4. The Hall–Kier alpha value is -0.740. The van der Waals surface area contributed by atoms with Crippen molar-refractivity contribution in [3.63, 3.8) is 0 Å². The molecule has 0 atom stereocenters. The van der Waals surface area contributed by atoms with Crippen molar-refractivity contribution in [2.45, 2.75) is 19.8 Å². The Morgan fingerprint density at radius 2 is 1.94 bits per heavy atom. The van der Waals surface area contributed by atoms with Crippen molar-refractivity contribution in [2.24, 2.45) is 0 Å². The summed E-state index contributed by atoms with van der Waals surface area (Å²) in [6.45, 7) is 2.19. The number of rotatable bonds is 5. The summed E-state index contributed by atoms with van der Waals surface area (Å²) >= 11 is 3.50. The maximum Gasteiger partial charge on any atom is 0.164 e. The van der Waals surface area contributed by atoms with E-state index in [1.807, 2.05) is 6.07 Å². The van der Waals surface area contributed by atoms with E-state index in [9.17, 15) is 0 Å². The fourth-order valence-electron chi connectivity index (χ4n) is 1.83. The molecule has 3 nitrogen and oxygen atoms in total. The fraction of sp³-hybridized carbons (Fsp3) is 0.500. The monoisotopic (exact) mass is 288 g/mol. The molecule has 0 spiro atoms. The summed E-state index contributed by atoms with van der Waals surface area (Å²) in [6, 6.07) is 1.88. The van der Waals surface area contributed by atoms with Gasteiger partial charge in [0.15, 0.2) is 11.5 Å². The zero-order chi connectivity index (χ0) is 12.1. The Kier molecular flexibility index (Phi) is 5.09. The molecule has 16 heavy (non-hydrogen) atoms. The lowest BCUT2D eigenvalue weighted by molar-refractivity contribution is 0.298. The minimum absolute atomic E-state index is 0.126. The molecule has 0 unspecified atom stereocenters. The van der Waals surface area contributed by atoms with Gasteiger partial charge in [-0.3, -0.25) is 0 Å². The highest BCUT2D eigenvalue weighted by Crippen LogP contribution is 2.38. The molecule has 0 radical (unpaired) electrons. The molecule has 0 aliphatic rings. The normalized spacial score (nSPS) is 10.3. The number of aliphatic hydroxyl groups is 1. The molecular weight excluding hydrogens is 272 g/mol. The number of hydrogen-bond donors (Lipinski definition) is 1. The lowest BCUT2D eigenvalue weighted by atomic mass is 10.0. The molecule has 1 aromatic rings. The summed E-state index contributed by atoms with van der Waals surface area (Å²) in [7, 11) is 3.25. The Morgan fingerprint density at radius 1 is 1.25 bits per heavy atom. The zero-order valence-electron chi connectivity index (χ0n) is 9.84. The molecule has 0 aliphatic heterocycles. The molecule has 1 rings (SSSR count). The fourth-order valence-corrected chi connectivity index (χ4v) is 2.47. The largest absolute Gasteiger partial charge is 0.493 e. The van der Waals surface area contributed by atoms with E-state index >= 15 is 0 Å². The van der Waals surface area contributed by atoms with E-state index in [-0.39, 0.29) is 6.61 Å². The second-order valence-electron chi connectivity index (χ2n) is 3.38. The average Bonchev–Trinajstić information content (AvgIpc) is 2.30. The van der Waals surface area contributed by atoms with Gasteiger partial charge in [0.25, 0.3) is 0 Å². The van der Waals surface area contributed by atoms with Crippen LogP contribution in [0.3, 0.4) is 0 Å². The second kappa shape index (κ2) is 6.11. The predicted molar refractivity (Wildman–Crippen MR) is 67.4 cm³/mol. The maximum atomic E-state index is 9.06. The molecule has 0 saturated heterocycles. The Labute approximate surface area is 105 Å². The first-order chi connectivity index (χ1) is 7.69. The van der Waals surface area contributed by atoms with E-state index in [0.29, 0.717) is 12.2 Å². The van der Waals surface area contributed by atoms with Crippen LogP contribution in [-0.2, 0) is 12.8 Å². The van der Waals surface area contributed by atoms with Gasteiger partial charge in [0.2, 0.25) is 0 Å². The molecular formula is C12H17BrO3. The number of halogens is 1. The molecule has 1 N–H and O–H groups in total. The van der Waals surface area contributed by atoms with Gasteiger partial charge in [0, 0.05) is 16.6 Å². The van der Waals surface area contributed by atoms with E-state index in [4.69, 9.17) is 14.6 Å². The molecule has 4 heteroatoms. The van der Waals surface area contributed by atoms with Crippen LogP contribution in [-0.4, -0.2) is 25.9 Å². The Morgan fingerprint density at radius 3 is 2.38 bits per heavy atom. The molecule has 0 bridgehead atoms. The minimum atomic E-state index is 0.126. The van der Waals surface area contributed by atoms with Gasteiger partial charge in [-0.1, -0.05) is 22.9 Å². The number of ether oxygens (including phenoxy) is 2. The SMILES string of the molecule is CCc1c(CCO)c(Br)cc(OC)c1OC. The second-order valence-corrected chi connectivity index (χ2v) is 4.23. The van der Waals surface area contributed by atoms with Crippen LogP contribution in [0.1, 0.15) is 18.1 Å². The lowest BCUT2D eigenvalue weighted by Crippen LogP contribution is -2.03. The van der Waals surface area contributed by atoms with Gasteiger partial charge in [-0.05, 0) is 24.5 Å². The van der Waals surface area contributed by atoms with Gasteiger partial charge in [0.1, 0.15) is 0 Å². The summed E-state index contributed by atoms with van der Waals surface area (Å²) in [5.41, 5.74) is 2.17. The van der Waals surface area contributed by atoms with Crippen molar-refractivity contribution in [3.05, 3.63) is 21.7 Å². The van der Waals surface area contributed by atoms with Gasteiger partial charge in [0.05, 0.1) is 14.2 Å². The van der Waals surface area contributed by atoms with Crippen LogP contribution in [0.15, 0.2) is 10.5 Å². The first-order valence-corrected chi connectivity index (χ1v) is 6.01. The van der Waals surface area contributed by atoms with Crippen molar-refractivity contribution < 1.29 is 14.6 Å². The van der Waals surface area contributed by atoms with Gasteiger partial charge < -0.3 is 14.6 Å². The van der Waals surface area contributed by atoms with Crippen LogP contribution in [0.25, 0.3) is 0 Å². The Balaban J connectivity index is 3.38. The molecule has 0 saturated carbocycles. The van der Waals surface area contributed by atoms with Crippen molar-refractivity contribution >= 4 is 15.9 Å². The third-order valence-electron chi connectivity index (χ3n) is 2.55. The van der Waals surface area contributed by atoms with Crippen LogP contribution in [0.4, 0.5) is 0 Å². The van der Waals surface area contributed by atoms with Gasteiger partial charge in [-0.15, -0.1) is 0 Å². The van der Waals surface area contributed by atoms with E-state index in [1.165, 1.54) is 0 Å². The number of aliphatic hydroxyl groups excluding tert-OH is 1. The third-order valence-corrected chi connectivity index (χ3v) is 3.26. The van der Waals surface area contributed by atoms with Crippen LogP contribution in [0.2, 0.25) is 0 Å². The quantitative estimate of drug-likeness (QED) is 0.905. The molecule has 0 aliphatic carbocycles. The predicted octanol–water partition coefficient (Wildman–Crippen LogP) is 2.56. The van der Waals surface area contributed by atoms with Gasteiger partial charge >= 0.3 is 0 Å². The van der Waals surface area contributed by atoms with E-state index in [0.717, 1.165) is 27.8 Å². The number of methoxy groups -OCH3 is 2. The van der Waals surface area contributed by atoms with Gasteiger partial charge in [-0.2, -0.15) is 0 Å². The first kappa shape index (κ1) is 13.3. The highest BCUT2D eigenvalue weighted by molar-refractivity contribution is 9.10. The minimum Gasteiger partial charge on any atom is -0.493 e. The molecule has 0 amide bonds. The van der Waals surface area contributed by atoms with Crippen LogP contribution >= 0.6 is 15.9 Å².